The molecule has 4 heteroatoms. The van der Waals surface area contributed by atoms with E-state index in [0.717, 1.165) is 17.2 Å². The summed E-state index contributed by atoms with van der Waals surface area (Å²) in [5, 5.41) is 10.1. The zero-order valence-electron chi connectivity index (χ0n) is 10.8. The van der Waals surface area contributed by atoms with E-state index in [9.17, 15) is 13.9 Å². The summed E-state index contributed by atoms with van der Waals surface area (Å²) in [5.74, 6) is -1.82. The summed E-state index contributed by atoms with van der Waals surface area (Å²) in [4.78, 5) is 4.16. The molecule has 19 heavy (non-hydrogen) atoms. The third-order valence-electron chi connectivity index (χ3n) is 3.02. The first kappa shape index (κ1) is 13.6. The summed E-state index contributed by atoms with van der Waals surface area (Å²) in [6, 6.07) is 5.84. The molecule has 0 fully saturated rings. The second kappa shape index (κ2) is 5.45. The Kier molecular flexibility index (Phi) is 3.90. The van der Waals surface area contributed by atoms with Crippen LogP contribution in [0.4, 0.5) is 8.78 Å². The second-order valence-electron chi connectivity index (χ2n) is 4.65. The van der Waals surface area contributed by atoms with E-state index in [1.165, 1.54) is 12.1 Å². The van der Waals surface area contributed by atoms with Gasteiger partial charge >= 0.3 is 0 Å². The van der Waals surface area contributed by atoms with Crippen molar-refractivity contribution in [1.82, 2.24) is 4.98 Å². The molecule has 100 valence electrons. The van der Waals surface area contributed by atoms with E-state index in [0.29, 0.717) is 5.69 Å². The fraction of sp³-hybridized carbons (Fsp3) is 0.267. The Balaban J connectivity index is 2.25. The fourth-order valence-corrected chi connectivity index (χ4v) is 2.09. The molecule has 2 rings (SSSR count). The highest BCUT2D eigenvalue weighted by atomic mass is 19.2. The van der Waals surface area contributed by atoms with Crippen molar-refractivity contribution in [2.75, 3.05) is 0 Å². The predicted octanol–water partition coefficient (Wildman–Crippen LogP) is 3.25. The lowest BCUT2D eigenvalue weighted by Gasteiger charge is -2.13. The number of aromatic nitrogens is 1. The Morgan fingerprint density at radius 1 is 1.26 bits per heavy atom. The van der Waals surface area contributed by atoms with Crippen LogP contribution in [0.1, 0.15) is 28.5 Å². The molecule has 2 aromatic rings. The van der Waals surface area contributed by atoms with E-state index in [1.807, 2.05) is 19.9 Å². The lowest BCUT2D eigenvalue weighted by molar-refractivity contribution is 0.171. The molecular formula is C15H15F2NO. The van der Waals surface area contributed by atoms with Crippen LogP contribution in [0.2, 0.25) is 0 Å². The van der Waals surface area contributed by atoms with E-state index in [2.05, 4.69) is 4.98 Å². The predicted molar refractivity (Wildman–Crippen MR) is 68.7 cm³/mol. The Hall–Kier alpha value is -1.81. The maximum atomic E-state index is 13.5. The van der Waals surface area contributed by atoms with Gasteiger partial charge in [-0.15, -0.1) is 0 Å². The molecule has 0 aliphatic heterocycles. The molecule has 0 aliphatic rings. The van der Waals surface area contributed by atoms with Gasteiger partial charge in [-0.05, 0) is 36.6 Å². The minimum absolute atomic E-state index is 0.000490. The highest BCUT2D eigenvalue weighted by molar-refractivity contribution is 5.27. The Morgan fingerprint density at radius 2 is 2.00 bits per heavy atom. The van der Waals surface area contributed by atoms with Gasteiger partial charge in [0.1, 0.15) is 6.10 Å². The van der Waals surface area contributed by atoms with Crippen LogP contribution in [0, 0.1) is 25.5 Å². The smallest absolute Gasteiger partial charge is 0.162 e. The van der Waals surface area contributed by atoms with Crippen molar-refractivity contribution in [3.05, 3.63) is 64.5 Å². The quantitative estimate of drug-likeness (QED) is 0.922. The maximum absolute atomic E-state index is 13.5. The fourth-order valence-electron chi connectivity index (χ4n) is 2.09. The molecule has 1 aromatic heterocycles. The van der Waals surface area contributed by atoms with Gasteiger partial charge in [0.25, 0.3) is 0 Å². The van der Waals surface area contributed by atoms with Gasteiger partial charge in [0, 0.05) is 12.6 Å². The first-order chi connectivity index (χ1) is 8.99. The van der Waals surface area contributed by atoms with Crippen molar-refractivity contribution in [3.8, 4) is 0 Å². The van der Waals surface area contributed by atoms with Crippen LogP contribution in [0.25, 0.3) is 0 Å². The number of pyridine rings is 1. The number of nitrogens with zero attached hydrogens (tertiary/aromatic N) is 1. The number of hydrogen-bond acceptors (Lipinski definition) is 2. The average Bonchev–Trinajstić information content (AvgIpc) is 2.34. The molecule has 0 saturated carbocycles. The Bertz CT molecular complexity index is 599. The summed E-state index contributed by atoms with van der Waals surface area (Å²) in [5.41, 5.74) is 2.47. The van der Waals surface area contributed by atoms with Crippen molar-refractivity contribution in [2.45, 2.75) is 26.4 Å². The average molecular weight is 263 g/mol. The highest BCUT2D eigenvalue weighted by Gasteiger charge is 2.16. The topological polar surface area (TPSA) is 33.1 Å². The van der Waals surface area contributed by atoms with Crippen LogP contribution < -0.4 is 0 Å². The van der Waals surface area contributed by atoms with Crippen molar-refractivity contribution in [3.63, 3.8) is 0 Å². The third kappa shape index (κ3) is 2.96. The Labute approximate surface area is 110 Å². The molecular weight excluding hydrogens is 248 g/mol. The molecule has 1 aromatic carbocycles. The number of rotatable bonds is 3. The van der Waals surface area contributed by atoms with Gasteiger partial charge in [0.2, 0.25) is 0 Å². The van der Waals surface area contributed by atoms with Gasteiger partial charge in [-0.1, -0.05) is 18.2 Å². The SMILES string of the molecule is Cc1cnc(C(O)Cc2cccc(F)c2F)c(C)c1. The number of halogens is 2. The van der Waals surface area contributed by atoms with Gasteiger partial charge < -0.3 is 5.11 Å². The molecule has 1 unspecified atom stereocenters. The normalized spacial score (nSPS) is 12.5. The molecule has 1 atom stereocenters. The molecule has 0 amide bonds. The van der Waals surface area contributed by atoms with E-state index in [1.54, 1.807) is 6.20 Å². The monoisotopic (exact) mass is 263 g/mol. The second-order valence-corrected chi connectivity index (χ2v) is 4.65. The van der Waals surface area contributed by atoms with Gasteiger partial charge in [-0.25, -0.2) is 8.78 Å². The summed E-state index contributed by atoms with van der Waals surface area (Å²) in [6.45, 7) is 3.74. The number of aliphatic hydroxyl groups is 1. The molecule has 1 N–H and O–H groups in total. The minimum Gasteiger partial charge on any atom is -0.386 e. The van der Waals surface area contributed by atoms with Crippen LogP contribution in [0.5, 0.6) is 0 Å². The van der Waals surface area contributed by atoms with Crippen molar-refractivity contribution < 1.29 is 13.9 Å². The van der Waals surface area contributed by atoms with E-state index in [4.69, 9.17) is 0 Å². The lowest BCUT2D eigenvalue weighted by atomic mass is 10.0. The first-order valence-corrected chi connectivity index (χ1v) is 6.03. The summed E-state index contributed by atoms with van der Waals surface area (Å²) in [6.07, 6.45) is 0.699. The zero-order valence-corrected chi connectivity index (χ0v) is 10.8. The van der Waals surface area contributed by atoms with E-state index < -0.39 is 17.7 Å². The summed E-state index contributed by atoms with van der Waals surface area (Å²) < 4.78 is 26.6. The number of aryl methyl sites for hydroxylation is 2. The molecule has 1 heterocycles. The molecule has 0 bridgehead atoms. The van der Waals surface area contributed by atoms with Gasteiger partial charge in [-0.2, -0.15) is 0 Å². The van der Waals surface area contributed by atoms with E-state index in [-0.39, 0.29) is 12.0 Å². The van der Waals surface area contributed by atoms with Crippen LogP contribution >= 0.6 is 0 Å². The van der Waals surface area contributed by atoms with Crippen molar-refractivity contribution >= 4 is 0 Å². The standard InChI is InChI=1S/C15H15F2NO/c1-9-6-10(2)15(18-8-9)13(19)7-11-4-3-5-12(16)14(11)17/h3-6,8,13,19H,7H2,1-2H3. The van der Waals surface area contributed by atoms with Crippen LogP contribution in [0.15, 0.2) is 30.5 Å². The van der Waals surface area contributed by atoms with Crippen LogP contribution in [-0.2, 0) is 6.42 Å². The largest absolute Gasteiger partial charge is 0.386 e. The van der Waals surface area contributed by atoms with Gasteiger partial charge in [-0.3, -0.25) is 4.98 Å². The minimum atomic E-state index is -0.947. The molecule has 0 aliphatic carbocycles. The molecule has 0 spiro atoms. The van der Waals surface area contributed by atoms with Gasteiger partial charge in [0.15, 0.2) is 11.6 Å². The third-order valence-corrected chi connectivity index (χ3v) is 3.02. The lowest BCUT2D eigenvalue weighted by Crippen LogP contribution is -2.08. The number of benzene rings is 1. The maximum Gasteiger partial charge on any atom is 0.162 e. The highest BCUT2D eigenvalue weighted by Crippen LogP contribution is 2.22. The van der Waals surface area contributed by atoms with E-state index >= 15 is 0 Å². The molecule has 0 saturated heterocycles. The summed E-state index contributed by atoms with van der Waals surface area (Å²) >= 11 is 0. The van der Waals surface area contributed by atoms with Crippen LogP contribution in [0.3, 0.4) is 0 Å². The van der Waals surface area contributed by atoms with Crippen molar-refractivity contribution in [1.29, 1.82) is 0 Å². The number of aliphatic hydroxyl groups excluding tert-OH is 1. The Morgan fingerprint density at radius 3 is 2.68 bits per heavy atom. The van der Waals surface area contributed by atoms with Crippen LogP contribution in [-0.4, -0.2) is 10.1 Å². The summed E-state index contributed by atoms with van der Waals surface area (Å²) in [7, 11) is 0. The zero-order chi connectivity index (χ0) is 14.0. The first-order valence-electron chi connectivity index (χ1n) is 6.03. The van der Waals surface area contributed by atoms with Gasteiger partial charge in [0.05, 0.1) is 5.69 Å². The molecule has 2 nitrogen and oxygen atoms in total. The number of hydrogen-bond donors (Lipinski definition) is 1. The van der Waals surface area contributed by atoms with Crippen molar-refractivity contribution in [2.24, 2.45) is 0 Å². The molecule has 0 radical (unpaired) electrons.